The highest BCUT2D eigenvalue weighted by molar-refractivity contribution is 6.04. The number of aromatic nitrogens is 1. The predicted octanol–water partition coefficient (Wildman–Crippen LogP) is 2.10. The van der Waals surface area contributed by atoms with Crippen molar-refractivity contribution in [2.24, 2.45) is 5.73 Å². The van der Waals surface area contributed by atoms with Gasteiger partial charge in [-0.15, -0.1) is 0 Å². The Bertz CT molecular complexity index is 978. The highest BCUT2D eigenvalue weighted by Gasteiger charge is 2.27. The fourth-order valence-electron chi connectivity index (χ4n) is 2.93. The molecule has 1 atom stereocenters. The van der Waals surface area contributed by atoms with E-state index < -0.39 is 36.3 Å². The van der Waals surface area contributed by atoms with E-state index in [1.807, 2.05) is 0 Å². The van der Waals surface area contributed by atoms with Gasteiger partial charge in [-0.1, -0.05) is 12.1 Å². The fourth-order valence-corrected chi connectivity index (χ4v) is 2.93. The summed E-state index contributed by atoms with van der Waals surface area (Å²) in [7, 11) is 0. The molecule has 3 N–H and O–H groups in total. The van der Waals surface area contributed by atoms with Crippen LogP contribution in [0.3, 0.4) is 0 Å². The molecule has 2 aromatic rings. The lowest BCUT2D eigenvalue weighted by molar-refractivity contribution is -0.148. The SMILES string of the molecule is CCOC(=O)c1c(C)[nH]c(C(=O)[C@H](C)OC(=O)COc2ccccc2C(N)=O)c1C. The molecule has 0 bridgehead atoms. The van der Waals surface area contributed by atoms with Crippen LogP contribution in [0, 0.1) is 13.8 Å². The highest BCUT2D eigenvalue weighted by atomic mass is 16.6. The molecule has 0 saturated heterocycles. The monoisotopic (exact) mass is 416 g/mol. The first-order valence-corrected chi connectivity index (χ1v) is 9.28. The van der Waals surface area contributed by atoms with Crippen LogP contribution in [0.4, 0.5) is 0 Å². The fraction of sp³-hybridized carbons (Fsp3) is 0.333. The number of hydrogen-bond donors (Lipinski definition) is 2. The number of nitrogens with two attached hydrogens (primary N) is 1. The minimum absolute atomic E-state index is 0.124. The quantitative estimate of drug-likeness (QED) is 0.471. The molecule has 0 aliphatic heterocycles. The number of Topliss-reactive ketones (excluding diaryl/α,β-unsaturated/α-hetero) is 1. The molecule has 0 aliphatic carbocycles. The number of rotatable bonds is 9. The molecule has 9 heteroatoms. The second-order valence-electron chi connectivity index (χ2n) is 6.49. The summed E-state index contributed by atoms with van der Waals surface area (Å²) >= 11 is 0. The molecule has 1 aromatic heterocycles. The number of esters is 2. The van der Waals surface area contributed by atoms with Gasteiger partial charge in [-0.25, -0.2) is 9.59 Å². The van der Waals surface area contributed by atoms with Gasteiger partial charge in [-0.2, -0.15) is 0 Å². The van der Waals surface area contributed by atoms with Crippen LogP contribution in [0.15, 0.2) is 24.3 Å². The van der Waals surface area contributed by atoms with Crippen molar-refractivity contribution >= 4 is 23.6 Å². The van der Waals surface area contributed by atoms with E-state index in [0.29, 0.717) is 11.3 Å². The van der Waals surface area contributed by atoms with Gasteiger partial charge in [-0.05, 0) is 45.4 Å². The van der Waals surface area contributed by atoms with Crippen LogP contribution in [0.2, 0.25) is 0 Å². The first kappa shape index (κ1) is 22.7. The molecular weight excluding hydrogens is 392 g/mol. The van der Waals surface area contributed by atoms with Crippen molar-refractivity contribution in [1.82, 2.24) is 4.98 Å². The largest absolute Gasteiger partial charge is 0.481 e. The summed E-state index contributed by atoms with van der Waals surface area (Å²) in [6, 6.07) is 6.19. The van der Waals surface area contributed by atoms with E-state index in [4.69, 9.17) is 19.9 Å². The molecule has 1 heterocycles. The molecule has 0 aliphatic rings. The van der Waals surface area contributed by atoms with Gasteiger partial charge in [0.05, 0.1) is 23.4 Å². The first-order chi connectivity index (χ1) is 14.2. The van der Waals surface area contributed by atoms with E-state index >= 15 is 0 Å². The average Bonchev–Trinajstić information content (AvgIpc) is 3.00. The number of carbonyl (C=O) groups is 4. The molecule has 0 radical (unpaired) electrons. The van der Waals surface area contributed by atoms with Crippen LogP contribution >= 0.6 is 0 Å². The van der Waals surface area contributed by atoms with E-state index in [-0.39, 0.29) is 29.2 Å². The third-order valence-corrected chi connectivity index (χ3v) is 4.34. The van der Waals surface area contributed by atoms with Gasteiger partial charge in [0.2, 0.25) is 5.78 Å². The number of aryl methyl sites for hydroxylation is 1. The summed E-state index contributed by atoms with van der Waals surface area (Å²) in [5.74, 6) is -2.40. The Morgan fingerprint density at radius 3 is 2.43 bits per heavy atom. The number of ketones is 1. The minimum atomic E-state index is -1.13. The number of primary amides is 1. The molecule has 0 saturated carbocycles. The number of aromatic amines is 1. The molecule has 160 valence electrons. The van der Waals surface area contributed by atoms with Crippen LogP contribution < -0.4 is 10.5 Å². The zero-order valence-corrected chi connectivity index (χ0v) is 17.2. The van der Waals surface area contributed by atoms with Crippen molar-refractivity contribution in [2.75, 3.05) is 13.2 Å². The number of benzene rings is 1. The number of amides is 1. The molecule has 30 heavy (non-hydrogen) atoms. The number of carbonyl (C=O) groups excluding carboxylic acids is 4. The van der Waals surface area contributed by atoms with Crippen molar-refractivity contribution in [2.45, 2.75) is 33.8 Å². The topological polar surface area (TPSA) is 138 Å². The zero-order valence-electron chi connectivity index (χ0n) is 17.2. The van der Waals surface area contributed by atoms with Gasteiger partial charge in [0.15, 0.2) is 12.7 Å². The Morgan fingerprint density at radius 1 is 1.13 bits per heavy atom. The maximum Gasteiger partial charge on any atom is 0.344 e. The summed E-state index contributed by atoms with van der Waals surface area (Å²) in [5.41, 5.74) is 6.73. The lowest BCUT2D eigenvalue weighted by Gasteiger charge is -2.13. The van der Waals surface area contributed by atoms with E-state index in [1.54, 1.807) is 32.9 Å². The molecule has 9 nitrogen and oxygen atoms in total. The number of nitrogens with one attached hydrogen (secondary N) is 1. The maximum absolute atomic E-state index is 12.7. The summed E-state index contributed by atoms with van der Waals surface area (Å²) in [5, 5.41) is 0. The first-order valence-electron chi connectivity index (χ1n) is 9.28. The normalized spacial score (nSPS) is 11.5. The zero-order chi connectivity index (χ0) is 22.4. The third kappa shape index (κ3) is 5.05. The van der Waals surface area contributed by atoms with Crippen LogP contribution in [-0.2, 0) is 14.3 Å². The highest BCUT2D eigenvalue weighted by Crippen LogP contribution is 2.21. The predicted molar refractivity (Wildman–Crippen MR) is 107 cm³/mol. The smallest absolute Gasteiger partial charge is 0.344 e. The summed E-state index contributed by atoms with van der Waals surface area (Å²) in [6.45, 7) is 6.06. The maximum atomic E-state index is 12.7. The van der Waals surface area contributed by atoms with Crippen molar-refractivity contribution in [3.63, 3.8) is 0 Å². The van der Waals surface area contributed by atoms with Crippen molar-refractivity contribution in [3.8, 4) is 5.75 Å². The van der Waals surface area contributed by atoms with Gasteiger partial charge >= 0.3 is 11.9 Å². The van der Waals surface area contributed by atoms with Crippen LogP contribution in [0.1, 0.15) is 56.3 Å². The molecule has 0 unspecified atom stereocenters. The Balaban J connectivity index is 2.04. The van der Waals surface area contributed by atoms with E-state index in [9.17, 15) is 19.2 Å². The Morgan fingerprint density at radius 2 is 1.80 bits per heavy atom. The number of para-hydroxylation sites is 1. The summed E-state index contributed by atoms with van der Waals surface area (Å²) in [4.78, 5) is 51.1. The second kappa shape index (κ2) is 9.73. The number of hydrogen-bond acceptors (Lipinski definition) is 7. The molecule has 1 aromatic carbocycles. The Hall–Kier alpha value is -3.62. The van der Waals surface area contributed by atoms with E-state index in [1.165, 1.54) is 19.1 Å². The Labute approximate surface area is 173 Å². The average molecular weight is 416 g/mol. The van der Waals surface area contributed by atoms with E-state index in [2.05, 4.69) is 4.98 Å². The van der Waals surface area contributed by atoms with Gasteiger partial charge in [-0.3, -0.25) is 9.59 Å². The van der Waals surface area contributed by atoms with E-state index in [0.717, 1.165) is 0 Å². The molecule has 2 rings (SSSR count). The van der Waals surface area contributed by atoms with Gasteiger partial charge in [0.25, 0.3) is 5.91 Å². The Kier molecular flexibility index (Phi) is 7.35. The third-order valence-electron chi connectivity index (χ3n) is 4.34. The van der Waals surface area contributed by atoms with Crippen LogP contribution in [-0.4, -0.2) is 47.9 Å². The number of ether oxygens (including phenoxy) is 3. The van der Waals surface area contributed by atoms with Crippen LogP contribution in [0.5, 0.6) is 5.75 Å². The second-order valence-corrected chi connectivity index (χ2v) is 6.49. The van der Waals surface area contributed by atoms with Gasteiger partial charge in [0, 0.05) is 5.69 Å². The summed E-state index contributed by atoms with van der Waals surface area (Å²) in [6.07, 6.45) is -1.13. The van der Waals surface area contributed by atoms with Crippen molar-refractivity contribution in [1.29, 1.82) is 0 Å². The van der Waals surface area contributed by atoms with Crippen molar-refractivity contribution < 1.29 is 33.4 Å². The molecule has 1 amide bonds. The minimum Gasteiger partial charge on any atom is -0.481 e. The standard InChI is InChI=1S/C21H24N2O7/c1-5-28-21(27)17-11(2)18(23-12(17)3)19(25)13(4)30-16(24)10-29-15-9-7-6-8-14(15)20(22)26/h6-9,13,23H,5,10H2,1-4H3,(H2,22,26)/t13-/m0/s1. The lowest BCUT2D eigenvalue weighted by atomic mass is 10.1. The molecule has 0 fully saturated rings. The summed E-state index contributed by atoms with van der Waals surface area (Å²) < 4.78 is 15.4. The molecule has 0 spiro atoms. The van der Waals surface area contributed by atoms with Crippen LogP contribution in [0.25, 0.3) is 0 Å². The van der Waals surface area contributed by atoms with Crippen molar-refractivity contribution in [3.05, 3.63) is 52.3 Å². The molecular formula is C21H24N2O7. The van der Waals surface area contributed by atoms with Gasteiger partial charge in [0.1, 0.15) is 5.75 Å². The van der Waals surface area contributed by atoms with Gasteiger partial charge < -0.3 is 24.9 Å². The lowest BCUT2D eigenvalue weighted by Crippen LogP contribution is -2.28. The number of H-pyrrole nitrogens is 1.